The molecule has 0 saturated carbocycles. The maximum absolute atomic E-state index is 2.43. The van der Waals surface area contributed by atoms with E-state index in [-0.39, 0.29) is 0 Å². The molecular weight excluding hydrogens is 204 g/mol. The van der Waals surface area contributed by atoms with Crippen LogP contribution < -0.4 is 0 Å². The Hall–Kier alpha value is 0. The summed E-state index contributed by atoms with van der Waals surface area (Å²) in [5, 5.41) is 0. The molecule has 0 heterocycles. The zero-order chi connectivity index (χ0) is 13.5. The van der Waals surface area contributed by atoms with Gasteiger partial charge in [-0.1, -0.05) is 74.1 Å². The van der Waals surface area contributed by atoms with Crippen LogP contribution in [0.4, 0.5) is 0 Å². The highest BCUT2D eigenvalue weighted by atomic mass is 14.3. The monoisotopic (exact) mass is 240 g/mol. The van der Waals surface area contributed by atoms with Crippen molar-refractivity contribution < 1.29 is 0 Å². The first kappa shape index (κ1) is 17.0. The van der Waals surface area contributed by atoms with E-state index in [4.69, 9.17) is 0 Å². The normalized spacial score (nSPS) is 13.1. The zero-order valence-corrected chi connectivity index (χ0v) is 13.5. The summed E-state index contributed by atoms with van der Waals surface area (Å²) >= 11 is 0. The third kappa shape index (κ3) is 6.48. The van der Waals surface area contributed by atoms with E-state index in [2.05, 4.69) is 48.5 Å². The minimum absolute atomic E-state index is 0.477. The Morgan fingerprint density at radius 1 is 0.647 bits per heavy atom. The van der Waals surface area contributed by atoms with Gasteiger partial charge >= 0.3 is 0 Å². The first-order valence-corrected chi connectivity index (χ1v) is 7.88. The molecule has 0 fully saturated rings. The second-order valence-electron chi connectivity index (χ2n) is 6.90. The lowest BCUT2D eigenvalue weighted by Crippen LogP contribution is -2.25. The molecule has 0 nitrogen and oxygen atoms in total. The van der Waals surface area contributed by atoms with Crippen molar-refractivity contribution >= 4 is 0 Å². The minimum Gasteiger partial charge on any atom is -0.0651 e. The zero-order valence-electron chi connectivity index (χ0n) is 13.5. The van der Waals surface area contributed by atoms with Gasteiger partial charge in [0.05, 0.1) is 0 Å². The molecule has 0 aromatic rings. The van der Waals surface area contributed by atoms with Crippen LogP contribution in [-0.4, -0.2) is 0 Å². The van der Waals surface area contributed by atoms with E-state index in [0.29, 0.717) is 5.41 Å². The van der Waals surface area contributed by atoms with Crippen LogP contribution in [0.25, 0.3) is 0 Å². The molecule has 0 N–H and O–H groups in total. The van der Waals surface area contributed by atoms with Crippen LogP contribution >= 0.6 is 0 Å². The maximum Gasteiger partial charge on any atom is -0.0354 e. The fourth-order valence-corrected chi connectivity index (χ4v) is 2.85. The third-order valence-corrected chi connectivity index (χ3v) is 4.77. The van der Waals surface area contributed by atoms with E-state index in [1.54, 1.807) is 0 Å². The summed E-state index contributed by atoms with van der Waals surface area (Å²) in [6.07, 6.45) is 8.29. The Labute approximate surface area is 111 Å². The molecule has 0 unspecified atom stereocenters. The average Bonchev–Trinajstić information content (AvgIpc) is 2.28. The van der Waals surface area contributed by atoms with E-state index in [1.807, 2.05) is 0 Å². The van der Waals surface area contributed by atoms with Crippen LogP contribution in [0.1, 0.15) is 87.0 Å². The molecule has 0 rings (SSSR count). The second kappa shape index (κ2) is 8.16. The van der Waals surface area contributed by atoms with Crippen molar-refractivity contribution in [3.63, 3.8) is 0 Å². The summed E-state index contributed by atoms with van der Waals surface area (Å²) in [6, 6.07) is 0. The summed E-state index contributed by atoms with van der Waals surface area (Å²) in [7, 11) is 0. The fourth-order valence-electron chi connectivity index (χ4n) is 2.85. The first-order valence-electron chi connectivity index (χ1n) is 7.88. The Morgan fingerprint density at radius 3 is 1.12 bits per heavy atom. The van der Waals surface area contributed by atoms with Gasteiger partial charge in [-0.3, -0.25) is 0 Å². The van der Waals surface area contributed by atoms with Crippen molar-refractivity contribution in [3.05, 3.63) is 0 Å². The molecule has 0 amide bonds. The standard InChI is InChI=1S/C17H36/c1-8-14(9-2)12-16(17(5,6)7)13-15(10-3)11-4/h14-16H,8-13H2,1-7H3. The molecule has 0 radical (unpaired) electrons. The third-order valence-electron chi connectivity index (χ3n) is 4.77. The molecule has 0 bridgehead atoms. The lowest BCUT2D eigenvalue weighted by molar-refractivity contribution is 0.152. The summed E-state index contributed by atoms with van der Waals surface area (Å²) in [4.78, 5) is 0. The Morgan fingerprint density at radius 2 is 0.941 bits per heavy atom. The smallest absolute Gasteiger partial charge is 0.0354 e. The second-order valence-corrected chi connectivity index (χ2v) is 6.90. The van der Waals surface area contributed by atoms with Gasteiger partial charge < -0.3 is 0 Å². The topological polar surface area (TPSA) is 0 Å². The molecule has 0 spiro atoms. The summed E-state index contributed by atoms with van der Waals surface area (Å²) in [6.45, 7) is 16.7. The van der Waals surface area contributed by atoms with E-state index < -0.39 is 0 Å². The molecule has 0 aromatic heterocycles. The molecule has 17 heavy (non-hydrogen) atoms. The van der Waals surface area contributed by atoms with Crippen molar-refractivity contribution in [1.29, 1.82) is 0 Å². The summed E-state index contributed by atoms with van der Waals surface area (Å²) < 4.78 is 0. The highest BCUT2D eigenvalue weighted by molar-refractivity contribution is 4.78. The van der Waals surface area contributed by atoms with Crippen LogP contribution in [0.3, 0.4) is 0 Å². The minimum atomic E-state index is 0.477. The van der Waals surface area contributed by atoms with Crippen molar-refractivity contribution in [2.45, 2.75) is 87.0 Å². The lowest BCUT2D eigenvalue weighted by Gasteiger charge is -2.35. The van der Waals surface area contributed by atoms with Crippen LogP contribution in [-0.2, 0) is 0 Å². The van der Waals surface area contributed by atoms with Crippen molar-refractivity contribution in [3.8, 4) is 0 Å². The number of hydrogen-bond acceptors (Lipinski definition) is 0. The first-order chi connectivity index (χ1) is 7.88. The van der Waals surface area contributed by atoms with Crippen LogP contribution in [0.5, 0.6) is 0 Å². The predicted octanol–water partition coefficient (Wildman–Crippen LogP) is 6.30. The number of rotatable bonds is 8. The van der Waals surface area contributed by atoms with Crippen molar-refractivity contribution in [2.24, 2.45) is 23.2 Å². The van der Waals surface area contributed by atoms with E-state index >= 15 is 0 Å². The highest BCUT2D eigenvalue weighted by Crippen LogP contribution is 2.38. The molecule has 0 aliphatic heterocycles. The van der Waals surface area contributed by atoms with Gasteiger partial charge in [0.2, 0.25) is 0 Å². The maximum atomic E-state index is 2.43. The quantitative estimate of drug-likeness (QED) is 0.467. The molecule has 0 aliphatic carbocycles. The SMILES string of the molecule is CCC(CC)CC(CC(CC)CC)C(C)(C)C. The Bertz CT molecular complexity index is 153. The van der Waals surface area contributed by atoms with E-state index in [9.17, 15) is 0 Å². The van der Waals surface area contributed by atoms with Crippen LogP contribution in [0.2, 0.25) is 0 Å². The predicted molar refractivity (Wildman–Crippen MR) is 80.3 cm³/mol. The molecule has 104 valence electrons. The molecule has 0 aliphatic rings. The van der Waals surface area contributed by atoms with Gasteiger partial charge in [-0.2, -0.15) is 0 Å². The van der Waals surface area contributed by atoms with Crippen molar-refractivity contribution in [2.75, 3.05) is 0 Å². The molecular formula is C17H36. The number of hydrogen-bond donors (Lipinski definition) is 0. The van der Waals surface area contributed by atoms with Gasteiger partial charge in [0, 0.05) is 0 Å². The van der Waals surface area contributed by atoms with Gasteiger partial charge in [-0.25, -0.2) is 0 Å². The highest BCUT2D eigenvalue weighted by Gasteiger charge is 2.28. The Kier molecular flexibility index (Phi) is 8.16. The van der Waals surface area contributed by atoms with Crippen molar-refractivity contribution in [1.82, 2.24) is 0 Å². The van der Waals surface area contributed by atoms with E-state index in [0.717, 1.165) is 17.8 Å². The van der Waals surface area contributed by atoms with Gasteiger partial charge in [0.15, 0.2) is 0 Å². The van der Waals surface area contributed by atoms with Crippen LogP contribution in [0, 0.1) is 23.2 Å². The van der Waals surface area contributed by atoms with Gasteiger partial charge in [-0.05, 0) is 36.0 Å². The molecule has 0 aromatic carbocycles. The largest absolute Gasteiger partial charge is 0.0651 e. The summed E-state index contributed by atoms with van der Waals surface area (Å²) in [5.41, 5.74) is 0.477. The molecule has 0 saturated heterocycles. The average molecular weight is 240 g/mol. The summed E-state index contributed by atoms with van der Waals surface area (Å²) in [5.74, 6) is 2.78. The molecule has 0 heteroatoms. The van der Waals surface area contributed by atoms with Gasteiger partial charge in [-0.15, -0.1) is 0 Å². The van der Waals surface area contributed by atoms with Gasteiger partial charge in [0.25, 0.3) is 0 Å². The molecule has 0 atom stereocenters. The van der Waals surface area contributed by atoms with Gasteiger partial charge in [0.1, 0.15) is 0 Å². The Balaban J connectivity index is 4.54. The lowest BCUT2D eigenvalue weighted by atomic mass is 9.70. The fraction of sp³-hybridized carbons (Fsp3) is 1.00. The van der Waals surface area contributed by atoms with E-state index in [1.165, 1.54) is 38.5 Å². The van der Waals surface area contributed by atoms with Crippen LogP contribution in [0.15, 0.2) is 0 Å².